The summed E-state index contributed by atoms with van der Waals surface area (Å²) in [7, 11) is 0. The number of carbonyl (C=O) groups excluding carboxylic acids is 2. The minimum absolute atomic E-state index is 0.147. The van der Waals surface area contributed by atoms with Crippen molar-refractivity contribution >= 4 is 23.4 Å². The molecule has 6 heteroatoms. The molecular weight excluding hydrogens is 331 g/mol. The van der Waals surface area contributed by atoms with Crippen LogP contribution in [0.2, 0.25) is 5.02 Å². The van der Waals surface area contributed by atoms with Gasteiger partial charge in [-0.25, -0.2) is 4.39 Å². The van der Waals surface area contributed by atoms with Crippen molar-refractivity contribution in [3.05, 3.63) is 34.6 Å². The summed E-state index contributed by atoms with van der Waals surface area (Å²) in [5, 5.41) is 0.147. The van der Waals surface area contributed by atoms with Crippen molar-refractivity contribution in [2.75, 3.05) is 19.6 Å². The predicted molar refractivity (Wildman–Crippen MR) is 90.4 cm³/mol. The van der Waals surface area contributed by atoms with Gasteiger partial charge >= 0.3 is 0 Å². The van der Waals surface area contributed by atoms with Crippen LogP contribution in [0.25, 0.3) is 0 Å². The Morgan fingerprint density at radius 3 is 2.88 bits per heavy atom. The summed E-state index contributed by atoms with van der Waals surface area (Å²) in [4.78, 5) is 28.7. The lowest BCUT2D eigenvalue weighted by atomic mass is 9.83. The topological polar surface area (TPSA) is 40.6 Å². The number of hydrogen-bond donors (Lipinski definition) is 0. The molecule has 0 bridgehead atoms. The van der Waals surface area contributed by atoms with E-state index < -0.39 is 5.82 Å². The van der Waals surface area contributed by atoms with E-state index in [-0.39, 0.29) is 22.9 Å². The van der Waals surface area contributed by atoms with Crippen LogP contribution in [0.5, 0.6) is 0 Å². The molecule has 24 heavy (non-hydrogen) atoms. The van der Waals surface area contributed by atoms with Gasteiger partial charge in [0, 0.05) is 32.1 Å². The third-order valence-electron chi connectivity index (χ3n) is 5.06. The van der Waals surface area contributed by atoms with Crippen molar-refractivity contribution in [3.63, 3.8) is 0 Å². The van der Waals surface area contributed by atoms with E-state index >= 15 is 0 Å². The van der Waals surface area contributed by atoms with Crippen LogP contribution in [0.15, 0.2) is 18.2 Å². The Morgan fingerprint density at radius 2 is 2.17 bits per heavy atom. The second kappa shape index (κ2) is 7.09. The van der Waals surface area contributed by atoms with Gasteiger partial charge in [-0.05, 0) is 43.4 Å². The summed E-state index contributed by atoms with van der Waals surface area (Å²) in [6.45, 7) is 4.09. The molecule has 2 aliphatic rings. The molecule has 0 aliphatic carbocycles. The fraction of sp³-hybridized carbons (Fsp3) is 0.556. The van der Waals surface area contributed by atoms with Crippen molar-refractivity contribution in [3.8, 4) is 0 Å². The molecule has 1 aromatic carbocycles. The van der Waals surface area contributed by atoms with Gasteiger partial charge in [0.25, 0.3) is 5.91 Å². The smallest absolute Gasteiger partial charge is 0.255 e. The first kappa shape index (κ1) is 17.2. The summed E-state index contributed by atoms with van der Waals surface area (Å²) in [5.74, 6) is -0.0562. The Bertz CT molecular complexity index is 652. The Balaban J connectivity index is 1.73. The third kappa shape index (κ3) is 3.27. The molecule has 2 fully saturated rings. The molecule has 0 radical (unpaired) electrons. The molecule has 3 rings (SSSR count). The van der Waals surface area contributed by atoms with E-state index in [4.69, 9.17) is 11.6 Å². The summed E-state index contributed by atoms with van der Waals surface area (Å²) in [5.41, 5.74) is 0.341. The quantitative estimate of drug-likeness (QED) is 0.837. The summed E-state index contributed by atoms with van der Waals surface area (Å²) in [6, 6.07) is 4.11. The number of likely N-dealkylation sites (tertiary alicyclic amines) is 2. The fourth-order valence-corrected chi connectivity index (χ4v) is 4.15. The molecule has 0 saturated carbocycles. The van der Waals surface area contributed by atoms with Crippen molar-refractivity contribution < 1.29 is 14.0 Å². The Hall–Kier alpha value is -1.62. The molecule has 2 aliphatic heterocycles. The molecule has 2 heterocycles. The highest BCUT2D eigenvalue weighted by atomic mass is 35.5. The standard InChI is InChI=1S/C18H22ClFN2O2/c1-2-8-22-16-7-9-21(11-12(16)3-6-17(22)23)18(24)14-5-4-13(20)10-15(14)19/h4-5,10,12,16H,2-3,6-9,11H2,1H3/t12-,16+/m0/s1. The highest BCUT2D eigenvalue weighted by Crippen LogP contribution is 2.32. The first-order valence-electron chi connectivity index (χ1n) is 8.55. The van der Waals surface area contributed by atoms with Gasteiger partial charge in [-0.1, -0.05) is 18.5 Å². The molecule has 0 spiro atoms. The molecule has 2 atom stereocenters. The minimum atomic E-state index is -0.448. The maximum atomic E-state index is 13.2. The van der Waals surface area contributed by atoms with E-state index in [2.05, 4.69) is 6.92 Å². The Morgan fingerprint density at radius 1 is 1.38 bits per heavy atom. The molecule has 2 saturated heterocycles. The monoisotopic (exact) mass is 352 g/mol. The summed E-state index contributed by atoms with van der Waals surface area (Å²) < 4.78 is 13.2. The molecule has 4 nitrogen and oxygen atoms in total. The average Bonchev–Trinajstić information content (AvgIpc) is 2.56. The van der Waals surface area contributed by atoms with Crippen LogP contribution in [-0.4, -0.2) is 47.3 Å². The normalized spacial score (nSPS) is 24.0. The second-order valence-corrected chi connectivity index (χ2v) is 7.02. The van der Waals surface area contributed by atoms with Gasteiger partial charge in [0.15, 0.2) is 0 Å². The van der Waals surface area contributed by atoms with Gasteiger partial charge < -0.3 is 9.80 Å². The molecule has 0 unspecified atom stereocenters. The van der Waals surface area contributed by atoms with Gasteiger partial charge in [0.1, 0.15) is 5.82 Å². The van der Waals surface area contributed by atoms with Crippen LogP contribution in [0.1, 0.15) is 43.0 Å². The Kier molecular flexibility index (Phi) is 5.09. The van der Waals surface area contributed by atoms with Gasteiger partial charge in [-0.15, -0.1) is 0 Å². The van der Waals surface area contributed by atoms with Crippen LogP contribution in [0.3, 0.4) is 0 Å². The number of amides is 2. The zero-order valence-corrected chi connectivity index (χ0v) is 14.6. The summed E-state index contributed by atoms with van der Waals surface area (Å²) >= 11 is 6.02. The minimum Gasteiger partial charge on any atom is -0.339 e. The maximum Gasteiger partial charge on any atom is 0.255 e. The molecule has 0 N–H and O–H groups in total. The predicted octanol–water partition coefficient (Wildman–Crippen LogP) is 3.34. The zero-order valence-electron chi connectivity index (χ0n) is 13.8. The van der Waals surface area contributed by atoms with Crippen molar-refractivity contribution in [1.29, 1.82) is 0 Å². The molecule has 2 amide bonds. The van der Waals surface area contributed by atoms with Crippen LogP contribution in [0.4, 0.5) is 4.39 Å². The number of carbonyl (C=O) groups is 2. The first-order valence-corrected chi connectivity index (χ1v) is 8.93. The number of halogens is 2. The van der Waals surface area contributed by atoms with E-state index in [1.54, 1.807) is 4.90 Å². The van der Waals surface area contributed by atoms with Crippen LogP contribution in [-0.2, 0) is 4.79 Å². The molecule has 130 valence electrons. The number of rotatable bonds is 3. The number of fused-ring (bicyclic) bond motifs is 1. The van der Waals surface area contributed by atoms with Gasteiger partial charge in [-0.2, -0.15) is 0 Å². The van der Waals surface area contributed by atoms with E-state index in [1.165, 1.54) is 18.2 Å². The zero-order chi connectivity index (χ0) is 17.3. The SMILES string of the molecule is CCCN1C(=O)CC[C@H]2CN(C(=O)c3ccc(F)cc3Cl)CC[C@H]21. The van der Waals surface area contributed by atoms with E-state index in [9.17, 15) is 14.0 Å². The van der Waals surface area contributed by atoms with E-state index in [0.717, 1.165) is 25.8 Å². The lowest BCUT2D eigenvalue weighted by Gasteiger charge is -2.47. The Labute approximate surface area is 146 Å². The second-order valence-electron chi connectivity index (χ2n) is 6.62. The van der Waals surface area contributed by atoms with Crippen molar-refractivity contribution in [2.45, 2.75) is 38.6 Å². The van der Waals surface area contributed by atoms with Crippen LogP contribution in [0, 0.1) is 11.7 Å². The lowest BCUT2D eigenvalue weighted by molar-refractivity contribution is -0.140. The molecular formula is C18H22ClFN2O2. The number of piperidine rings is 2. The van der Waals surface area contributed by atoms with Crippen LogP contribution < -0.4 is 0 Å². The number of benzene rings is 1. The highest BCUT2D eigenvalue weighted by molar-refractivity contribution is 6.33. The average molecular weight is 353 g/mol. The third-order valence-corrected chi connectivity index (χ3v) is 5.37. The number of hydrogen-bond acceptors (Lipinski definition) is 2. The lowest BCUT2D eigenvalue weighted by Crippen LogP contribution is -2.57. The summed E-state index contributed by atoms with van der Waals surface area (Å²) in [6.07, 6.45) is 3.12. The first-order chi connectivity index (χ1) is 11.5. The van der Waals surface area contributed by atoms with Crippen LogP contribution >= 0.6 is 11.6 Å². The van der Waals surface area contributed by atoms with Gasteiger partial charge in [0.05, 0.1) is 10.6 Å². The molecule has 1 aromatic rings. The fourth-order valence-electron chi connectivity index (χ4n) is 3.90. The van der Waals surface area contributed by atoms with E-state index in [1.807, 2.05) is 4.90 Å². The highest BCUT2D eigenvalue weighted by Gasteiger charge is 2.40. The maximum absolute atomic E-state index is 13.2. The largest absolute Gasteiger partial charge is 0.339 e. The number of nitrogens with zero attached hydrogens (tertiary/aromatic N) is 2. The van der Waals surface area contributed by atoms with Crippen molar-refractivity contribution in [2.24, 2.45) is 5.92 Å². The van der Waals surface area contributed by atoms with E-state index in [0.29, 0.717) is 31.0 Å². The van der Waals surface area contributed by atoms with Gasteiger partial charge in [0.2, 0.25) is 5.91 Å². The van der Waals surface area contributed by atoms with Crippen molar-refractivity contribution in [1.82, 2.24) is 9.80 Å². The molecule has 0 aromatic heterocycles. The van der Waals surface area contributed by atoms with Gasteiger partial charge in [-0.3, -0.25) is 9.59 Å².